The molecule has 0 unspecified atom stereocenters. The third kappa shape index (κ3) is 3.68. The molecule has 0 amide bonds. The largest absolute Gasteiger partial charge is 0.339 e. The zero-order valence-corrected chi connectivity index (χ0v) is 13.5. The topological polar surface area (TPSA) is 73.6 Å². The van der Waals surface area contributed by atoms with Gasteiger partial charge in [-0.15, -0.1) is 0 Å². The molecular formula is C19H17N5. The molecule has 0 aliphatic carbocycles. The van der Waals surface area contributed by atoms with Gasteiger partial charge in [-0.2, -0.15) is 10.2 Å². The molecule has 5 nitrogen and oxygen atoms in total. The Bertz CT molecular complexity index is 894. The maximum absolute atomic E-state index is 9.19. The molecule has 118 valence electrons. The summed E-state index contributed by atoms with van der Waals surface area (Å²) < 4.78 is 0. The van der Waals surface area contributed by atoms with Crippen LogP contribution in [-0.2, 0) is 0 Å². The molecule has 0 spiro atoms. The number of benzene rings is 2. The van der Waals surface area contributed by atoms with E-state index >= 15 is 0 Å². The number of aromatic nitrogens is 2. The summed E-state index contributed by atoms with van der Waals surface area (Å²) >= 11 is 0. The minimum absolute atomic E-state index is 0.510. The SMILES string of the molecule is Cc1ccc(Nc2nc(C)cc(Nc3ccccc3C#N)n2)cc1. The fraction of sp³-hybridized carbons (Fsp3) is 0.105. The molecule has 1 heterocycles. The first-order valence-corrected chi connectivity index (χ1v) is 7.59. The molecule has 0 atom stereocenters. The first-order valence-electron chi connectivity index (χ1n) is 7.59. The van der Waals surface area contributed by atoms with Crippen molar-refractivity contribution in [1.29, 1.82) is 5.26 Å². The van der Waals surface area contributed by atoms with Crippen molar-refractivity contribution in [3.05, 3.63) is 71.4 Å². The van der Waals surface area contributed by atoms with Crippen LogP contribution in [0.25, 0.3) is 0 Å². The summed E-state index contributed by atoms with van der Waals surface area (Å²) in [6.07, 6.45) is 0. The average Bonchev–Trinajstić information content (AvgIpc) is 2.57. The second-order valence-electron chi connectivity index (χ2n) is 5.49. The first kappa shape index (κ1) is 15.5. The predicted octanol–water partition coefficient (Wildman–Crippen LogP) is 4.45. The Labute approximate surface area is 141 Å². The van der Waals surface area contributed by atoms with Crippen molar-refractivity contribution >= 4 is 23.1 Å². The zero-order valence-electron chi connectivity index (χ0n) is 13.5. The van der Waals surface area contributed by atoms with Crippen molar-refractivity contribution < 1.29 is 0 Å². The van der Waals surface area contributed by atoms with E-state index in [4.69, 9.17) is 0 Å². The Morgan fingerprint density at radius 3 is 2.42 bits per heavy atom. The molecule has 0 saturated heterocycles. The lowest BCUT2D eigenvalue weighted by atomic mass is 10.2. The van der Waals surface area contributed by atoms with Gasteiger partial charge in [0.1, 0.15) is 11.9 Å². The van der Waals surface area contributed by atoms with E-state index in [0.717, 1.165) is 17.1 Å². The maximum Gasteiger partial charge on any atom is 0.229 e. The van der Waals surface area contributed by atoms with Gasteiger partial charge in [-0.3, -0.25) is 0 Å². The van der Waals surface area contributed by atoms with Crippen LogP contribution in [0.2, 0.25) is 0 Å². The van der Waals surface area contributed by atoms with Crippen LogP contribution in [0.4, 0.5) is 23.1 Å². The number of rotatable bonds is 4. The van der Waals surface area contributed by atoms with Gasteiger partial charge in [-0.1, -0.05) is 29.8 Å². The predicted molar refractivity (Wildman–Crippen MR) is 95.7 cm³/mol. The molecule has 2 aromatic carbocycles. The Morgan fingerprint density at radius 1 is 0.917 bits per heavy atom. The third-order valence-corrected chi connectivity index (χ3v) is 3.47. The number of anilines is 4. The highest BCUT2D eigenvalue weighted by Gasteiger charge is 2.06. The van der Waals surface area contributed by atoms with E-state index in [1.165, 1.54) is 5.56 Å². The van der Waals surface area contributed by atoms with Gasteiger partial charge in [-0.05, 0) is 38.1 Å². The monoisotopic (exact) mass is 315 g/mol. The normalized spacial score (nSPS) is 10.0. The van der Waals surface area contributed by atoms with Crippen LogP contribution < -0.4 is 10.6 Å². The lowest BCUT2D eigenvalue weighted by Gasteiger charge is -2.11. The van der Waals surface area contributed by atoms with Crippen LogP contribution >= 0.6 is 0 Å². The first-order chi connectivity index (χ1) is 11.6. The second-order valence-corrected chi connectivity index (χ2v) is 5.49. The molecule has 0 bridgehead atoms. The summed E-state index contributed by atoms with van der Waals surface area (Å²) in [5, 5.41) is 15.6. The molecule has 1 aromatic heterocycles. The second kappa shape index (κ2) is 6.80. The van der Waals surface area contributed by atoms with Gasteiger partial charge in [0.15, 0.2) is 0 Å². The lowest BCUT2D eigenvalue weighted by Crippen LogP contribution is -2.03. The fourth-order valence-electron chi connectivity index (χ4n) is 2.28. The standard InChI is InChI=1S/C19H17N5/c1-13-7-9-16(10-8-13)22-19-21-14(2)11-18(24-19)23-17-6-4-3-5-15(17)12-20/h3-11H,1-2H3,(H2,21,22,23,24). The molecule has 0 radical (unpaired) electrons. The lowest BCUT2D eigenvalue weighted by molar-refractivity contribution is 1.11. The summed E-state index contributed by atoms with van der Waals surface area (Å²) in [4.78, 5) is 8.89. The minimum atomic E-state index is 0.510. The Balaban J connectivity index is 1.86. The summed E-state index contributed by atoms with van der Waals surface area (Å²) in [6.45, 7) is 3.95. The van der Waals surface area contributed by atoms with Crippen molar-refractivity contribution in [2.24, 2.45) is 0 Å². The van der Waals surface area contributed by atoms with Gasteiger partial charge in [0, 0.05) is 17.4 Å². The number of nitrogens with zero attached hydrogens (tertiary/aromatic N) is 3. The Hall–Kier alpha value is -3.39. The van der Waals surface area contributed by atoms with E-state index in [2.05, 4.69) is 26.7 Å². The van der Waals surface area contributed by atoms with Gasteiger partial charge in [-0.25, -0.2) is 4.98 Å². The van der Waals surface area contributed by atoms with E-state index in [1.807, 2.05) is 62.4 Å². The van der Waals surface area contributed by atoms with Crippen LogP contribution in [0.5, 0.6) is 0 Å². The van der Waals surface area contributed by atoms with Crippen molar-refractivity contribution in [2.75, 3.05) is 10.6 Å². The number of para-hydroxylation sites is 1. The summed E-state index contributed by atoms with van der Waals surface area (Å²) in [5.74, 6) is 1.15. The van der Waals surface area contributed by atoms with Crippen LogP contribution in [0.1, 0.15) is 16.8 Å². The van der Waals surface area contributed by atoms with E-state index in [0.29, 0.717) is 17.3 Å². The average molecular weight is 315 g/mol. The summed E-state index contributed by atoms with van der Waals surface area (Å²) in [7, 11) is 0. The Morgan fingerprint density at radius 2 is 1.67 bits per heavy atom. The molecule has 0 saturated carbocycles. The highest BCUT2D eigenvalue weighted by Crippen LogP contribution is 2.21. The highest BCUT2D eigenvalue weighted by molar-refractivity contribution is 5.65. The van der Waals surface area contributed by atoms with E-state index in [-0.39, 0.29) is 0 Å². The van der Waals surface area contributed by atoms with Gasteiger partial charge in [0.25, 0.3) is 0 Å². The van der Waals surface area contributed by atoms with Crippen molar-refractivity contribution in [2.45, 2.75) is 13.8 Å². The van der Waals surface area contributed by atoms with Crippen molar-refractivity contribution in [1.82, 2.24) is 9.97 Å². The number of hydrogen-bond acceptors (Lipinski definition) is 5. The van der Waals surface area contributed by atoms with Crippen LogP contribution in [0.15, 0.2) is 54.6 Å². The maximum atomic E-state index is 9.19. The van der Waals surface area contributed by atoms with E-state index in [9.17, 15) is 5.26 Å². The van der Waals surface area contributed by atoms with Crippen molar-refractivity contribution in [3.8, 4) is 6.07 Å². The molecule has 3 rings (SSSR count). The highest BCUT2D eigenvalue weighted by atomic mass is 15.1. The third-order valence-electron chi connectivity index (χ3n) is 3.47. The Kier molecular flexibility index (Phi) is 4.39. The number of aryl methyl sites for hydroxylation is 2. The van der Waals surface area contributed by atoms with E-state index < -0.39 is 0 Å². The van der Waals surface area contributed by atoms with Crippen LogP contribution in [0.3, 0.4) is 0 Å². The zero-order chi connectivity index (χ0) is 16.9. The molecule has 0 aliphatic rings. The molecule has 24 heavy (non-hydrogen) atoms. The van der Waals surface area contributed by atoms with Gasteiger partial charge >= 0.3 is 0 Å². The number of nitrogens with one attached hydrogen (secondary N) is 2. The minimum Gasteiger partial charge on any atom is -0.339 e. The van der Waals surface area contributed by atoms with Crippen LogP contribution in [-0.4, -0.2) is 9.97 Å². The van der Waals surface area contributed by atoms with Crippen LogP contribution in [0, 0.1) is 25.2 Å². The molecular weight excluding hydrogens is 298 g/mol. The molecule has 5 heteroatoms. The quantitative estimate of drug-likeness (QED) is 0.744. The van der Waals surface area contributed by atoms with Gasteiger partial charge in [0.2, 0.25) is 5.95 Å². The summed E-state index contributed by atoms with van der Waals surface area (Å²) in [6, 6.07) is 19.4. The van der Waals surface area contributed by atoms with E-state index in [1.54, 1.807) is 6.07 Å². The van der Waals surface area contributed by atoms with Crippen molar-refractivity contribution in [3.63, 3.8) is 0 Å². The number of hydrogen-bond donors (Lipinski definition) is 2. The van der Waals surface area contributed by atoms with Gasteiger partial charge in [0.05, 0.1) is 11.3 Å². The molecule has 0 aliphatic heterocycles. The fourth-order valence-corrected chi connectivity index (χ4v) is 2.28. The van der Waals surface area contributed by atoms with Gasteiger partial charge < -0.3 is 10.6 Å². The molecule has 3 aromatic rings. The molecule has 2 N–H and O–H groups in total. The number of nitriles is 1. The smallest absolute Gasteiger partial charge is 0.229 e. The summed E-state index contributed by atoms with van der Waals surface area (Å²) in [5.41, 5.74) is 4.24. The molecule has 0 fully saturated rings.